The maximum Gasteiger partial charge on any atom is 0.272 e. The molecule has 0 bridgehead atoms. The number of thioether (sulfide) groups is 1. The van der Waals surface area contributed by atoms with Gasteiger partial charge >= 0.3 is 0 Å². The van der Waals surface area contributed by atoms with Crippen LogP contribution in [-0.4, -0.2) is 23.0 Å². The molecule has 0 spiro atoms. The molecule has 0 fully saturated rings. The molecule has 196 valence electrons. The highest BCUT2D eigenvalue weighted by Crippen LogP contribution is 2.27. The summed E-state index contributed by atoms with van der Waals surface area (Å²) in [4.78, 5) is 39.4. The first kappa shape index (κ1) is 27.3. The van der Waals surface area contributed by atoms with E-state index in [1.165, 1.54) is 42.1 Å². The molecule has 1 atom stereocenters. The zero-order valence-corrected chi connectivity index (χ0v) is 21.9. The van der Waals surface area contributed by atoms with Crippen LogP contribution >= 0.6 is 11.8 Å². The number of halogens is 1. The minimum Gasteiger partial charge on any atom is -0.325 e. The lowest BCUT2D eigenvalue weighted by Gasteiger charge is -2.14. The average Bonchev–Trinajstić information content (AvgIpc) is 2.95. The lowest BCUT2D eigenvalue weighted by molar-refractivity contribution is -0.115. The highest BCUT2D eigenvalue weighted by Gasteiger charge is 2.17. The number of carbonyl (C=O) groups is 3. The normalized spacial score (nSPS) is 11.8. The van der Waals surface area contributed by atoms with Gasteiger partial charge in [-0.15, -0.1) is 11.8 Å². The summed E-state index contributed by atoms with van der Waals surface area (Å²) >= 11 is 1.35. The van der Waals surface area contributed by atoms with Crippen LogP contribution in [0.1, 0.15) is 22.8 Å². The minimum absolute atomic E-state index is 0.0101. The molecule has 4 aromatic carbocycles. The second-order valence-corrected chi connectivity index (χ2v) is 9.94. The molecule has 4 rings (SSSR count). The Labute approximate surface area is 230 Å². The summed E-state index contributed by atoms with van der Waals surface area (Å²) in [5, 5.41) is 7.95. The molecule has 4 aromatic rings. The van der Waals surface area contributed by atoms with Crippen molar-refractivity contribution in [3.05, 3.63) is 132 Å². The third-order valence-electron chi connectivity index (χ3n) is 5.53. The van der Waals surface area contributed by atoms with Gasteiger partial charge in [-0.25, -0.2) is 4.39 Å². The summed E-state index contributed by atoms with van der Waals surface area (Å²) in [6, 6.07) is 30.4. The fourth-order valence-corrected chi connectivity index (χ4v) is 4.46. The fraction of sp³-hybridized carbons (Fsp3) is 0.0645. The maximum atomic E-state index is 13.4. The topological polar surface area (TPSA) is 87.3 Å². The van der Waals surface area contributed by atoms with E-state index in [4.69, 9.17) is 0 Å². The highest BCUT2D eigenvalue weighted by molar-refractivity contribution is 8.00. The molecule has 0 saturated carbocycles. The molecule has 8 heteroatoms. The second kappa shape index (κ2) is 13.2. The van der Waals surface area contributed by atoms with Crippen molar-refractivity contribution in [1.82, 2.24) is 5.32 Å². The number of amides is 3. The Bertz CT molecular complexity index is 1480. The molecule has 0 radical (unpaired) electrons. The Morgan fingerprint density at radius 1 is 0.769 bits per heavy atom. The van der Waals surface area contributed by atoms with Crippen molar-refractivity contribution in [2.75, 3.05) is 10.6 Å². The van der Waals surface area contributed by atoms with Gasteiger partial charge in [0.15, 0.2) is 0 Å². The molecule has 3 N–H and O–H groups in total. The van der Waals surface area contributed by atoms with Gasteiger partial charge < -0.3 is 16.0 Å². The molecule has 0 aliphatic rings. The van der Waals surface area contributed by atoms with Crippen LogP contribution < -0.4 is 16.0 Å². The van der Waals surface area contributed by atoms with E-state index in [1.807, 2.05) is 36.4 Å². The van der Waals surface area contributed by atoms with Gasteiger partial charge in [0.2, 0.25) is 5.91 Å². The number of nitrogens with one attached hydrogen (secondary N) is 3. The van der Waals surface area contributed by atoms with E-state index in [0.717, 1.165) is 4.90 Å². The third kappa shape index (κ3) is 8.15. The van der Waals surface area contributed by atoms with E-state index >= 15 is 0 Å². The molecular weight excluding hydrogens is 513 g/mol. The Morgan fingerprint density at radius 3 is 2.10 bits per heavy atom. The van der Waals surface area contributed by atoms with Crippen molar-refractivity contribution in [3.8, 4) is 0 Å². The lowest BCUT2D eigenvalue weighted by atomic mass is 10.1. The third-order valence-corrected chi connectivity index (χ3v) is 6.62. The van der Waals surface area contributed by atoms with Gasteiger partial charge in [0, 0.05) is 21.8 Å². The van der Waals surface area contributed by atoms with Crippen LogP contribution in [0.25, 0.3) is 6.08 Å². The molecule has 0 aromatic heterocycles. The Morgan fingerprint density at radius 2 is 1.41 bits per heavy atom. The minimum atomic E-state index is -0.555. The Hall–Kier alpha value is -4.69. The van der Waals surface area contributed by atoms with Crippen molar-refractivity contribution < 1.29 is 18.8 Å². The van der Waals surface area contributed by atoms with Gasteiger partial charge in [-0.2, -0.15) is 0 Å². The summed E-state index contributed by atoms with van der Waals surface area (Å²) in [6.45, 7) is 1.80. The first-order valence-corrected chi connectivity index (χ1v) is 13.0. The maximum absolute atomic E-state index is 13.4. The van der Waals surface area contributed by atoms with E-state index < -0.39 is 22.9 Å². The second-order valence-electron chi connectivity index (χ2n) is 8.53. The number of para-hydroxylation sites is 1. The van der Waals surface area contributed by atoms with E-state index in [9.17, 15) is 18.8 Å². The van der Waals surface area contributed by atoms with Crippen LogP contribution in [0.3, 0.4) is 0 Å². The van der Waals surface area contributed by atoms with Crippen LogP contribution in [0.5, 0.6) is 0 Å². The fourth-order valence-electron chi connectivity index (χ4n) is 3.54. The standard InChI is InChI=1S/C31H26FN3O3S/c1-21(29(36)33-25-11-6-3-7-12-25)39-27-14-8-13-26(20-27)34-31(38)28(19-22-15-17-24(32)18-16-22)35-30(37)23-9-4-2-5-10-23/h2-21H,1H3,(H,33,36)(H,34,38)(H,35,37)/b28-19-. The van der Waals surface area contributed by atoms with E-state index in [0.29, 0.717) is 22.5 Å². The zero-order chi connectivity index (χ0) is 27.6. The van der Waals surface area contributed by atoms with Crippen LogP contribution in [0.2, 0.25) is 0 Å². The van der Waals surface area contributed by atoms with Crippen LogP contribution in [0.15, 0.2) is 120 Å². The molecule has 0 heterocycles. The van der Waals surface area contributed by atoms with Crippen molar-refractivity contribution in [2.45, 2.75) is 17.1 Å². The number of carbonyl (C=O) groups excluding carboxylic acids is 3. The summed E-state index contributed by atoms with van der Waals surface area (Å²) in [6.07, 6.45) is 1.48. The summed E-state index contributed by atoms with van der Waals surface area (Å²) in [5.41, 5.74) is 2.12. The molecular formula is C31H26FN3O3S. The summed E-state index contributed by atoms with van der Waals surface area (Å²) in [7, 11) is 0. The molecule has 0 aliphatic heterocycles. The number of hydrogen-bond acceptors (Lipinski definition) is 4. The van der Waals surface area contributed by atoms with Crippen LogP contribution in [0, 0.1) is 5.82 Å². The van der Waals surface area contributed by atoms with Gasteiger partial charge in [0.25, 0.3) is 11.8 Å². The number of rotatable bonds is 9. The molecule has 1 unspecified atom stereocenters. The van der Waals surface area contributed by atoms with Gasteiger partial charge in [-0.3, -0.25) is 14.4 Å². The Balaban J connectivity index is 1.48. The molecule has 0 aliphatic carbocycles. The average molecular weight is 540 g/mol. The van der Waals surface area contributed by atoms with E-state index in [1.54, 1.807) is 55.5 Å². The van der Waals surface area contributed by atoms with Crippen LogP contribution in [-0.2, 0) is 9.59 Å². The Kier molecular flexibility index (Phi) is 9.26. The van der Waals surface area contributed by atoms with Gasteiger partial charge in [-0.1, -0.05) is 54.6 Å². The van der Waals surface area contributed by atoms with Crippen molar-refractivity contribution in [3.63, 3.8) is 0 Å². The van der Waals surface area contributed by atoms with Gasteiger partial charge in [0.1, 0.15) is 11.5 Å². The smallest absolute Gasteiger partial charge is 0.272 e. The largest absolute Gasteiger partial charge is 0.325 e. The summed E-state index contributed by atoms with van der Waals surface area (Å²) in [5.74, 6) is -1.57. The first-order valence-electron chi connectivity index (χ1n) is 12.1. The van der Waals surface area contributed by atoms with Gasteiger partial charge in [0.05, 0.1) is 5.25 Å². The van der Waals surface area contributed by atoms with E-state index in [2.05, 4.69) is 16.0 Å². The summed E-state index contributed by atoms with van der Waals surface area (Å²) < 4.78 is 13.4. The van der Waals surface area contributed by atoms with Crippen molar-refractivity contribution in [2.24, 2.45) is 0 Å². The molecule has 6 nitrogen and oxygen atoms in total. The first-order chi connectivity index (χ1) is 18.9. The number of hydrogen-bond donors (Lipinski definition) is 3. The van der Waals surface area contributed by atoms with Crippen LogP contribution in [0.4, 0.5) is 15.8 Å². The van der Waals surface area contributed by atoms with Gasteiger partial charge in [-0.05, 0) is 73.2 Å². The monoisotopic (exact) mass is 539 g/mol. The number of benzene rings is 4. The zero-order valence-electron chi connectivity index (χ0n) is 21.1. The van der Waals surface area contributed by atoms with Crippen molar-refractivity contribution in [1.29, 1.82) is 0 Å². The SMILES string of the molecule is CC(Sc1cccc(NC(=O)/C(=C/c2ccc(F)cc2)NC(=O)c2ccccc2)c1)C(=O)Nc1ccccc1. The number of anilines is 2. The lowest BCUT2D eigenvalue weighted by Crippen LogP contribution is -2.30. The molecule has 39 heavy (non-hydrogen) atoms. The highest BCUT2D eigenvalue weighted by atomic mass is 32.2. The predicted octanol–water partition coefficient (Wildman–Crippen LogP) is 6.35. The predicted molar refractivity (Wildman–Crippen MR) is 154 cm³/mol. The van der Waals surface area contributed by atoms with Crippen molar-refractivity contribution >= 4 is 46.9 Å². The molecule has 3 amide bonds. The molecule has 0 saturated heterocycles. The van der Waals surface area contributed by atoms with E-state index in [-0.39, 0.29) is 11.6 Å². The quantitative estimate of drug-likeness (QED) is 0.171.